The maximum atomic E-state index is 14.1. The van der Waals surface area contributed by atoms with Crippen molar-refractivity contribution < 1.29 is 22.7 Å². The topological polar surface area (TPSA) is 96.0 Å². The highest BCUT2D eigenvalue weighted by molar-refractivity contribution is 7.92. The Morgan fingerprint density at radius 1 is 1.00 bits per heavy atom. The number of carbonyl (C=O) groups is 2. The van der Waals surface area contributed by atoms with Crippen LogP contribution in [0.4, 0.5) is 5.69 Å². The summed E-state index contributed by atoms with van der Waals surface area (Å²) in [7, 11) is -2.59. The molecule has 0 aliphatic rings. The molecule has 1 atom stereocenters. The Kier molecular flexibility index (Phi) is 10.6. The van der Waals surface area contributed by atoms with Gasteiger partial charge in [0.25, 0.3) is 10.0 Å². The van der Waals surface area contributed by atoms with E-state index in [0.717, 1.165) is 15.4 Å². The molecule has 40 heavy (non-hydrogen) atoms. The normalized spacial score (nSPS) is 12.1. The lowest BCUT2D eigenvalue weighted by Gasteiger charge is -2.33. The van der Waals surface area contributed by atoms with Crippen LogP contribution >= 0.6 is 11.6 Å². The van der Waals surface area contributed by atoms with Crippen LogP contribution in [0.25, 0.3) is 0 Å². The van der Waals surface area contributed by atoms with Gasteiger partial charge in [0.05, 0.1) is 17.7 Å². The van der Waals surface area contributed by atoms with E-state index in [1.807, 2.05) is 45.9 Å². The summed E-state index contributed by atoms with van der Waals surface area (Å²) in [6.45, 7) is 6.96. The van der Waals surface area contributed by atoms with Crippen LogP contribution in [0, 0.1) is 6.92 Å². The fourth-order valence-electron chi connectivity index (χ4n) is 4.27. The van der Waals surface area contributed by atoms with Crippen LogP contribution in [-0.4, -0.2) is 50.9 Å². The zero-order chi connectivity index (χ0) is 29.4. The van der Waals surface area contributed by atoms with E-state index in [1.165, 1.54) is 29.2 Å². The highest BCUT2D eigenvalue weighted by Crippen LogP contribution is 2.26. The molecular weight excluding hydrogens is 550 g/mol. The number of ether oxygens (including phenoxy) is 1. The van der Waals surface area contributed by atoms with Crippen molar-refractivity contribution in [2.75, 3.05) is 18.0 Å². The van der Waals surface area contributed by atoms with E-state index in [4.69, 9.17) is 16.3 Å². The van der Waals surface area contributed by atoms with Crippen LogP contribution in [0.15, 0.2) is 77.7 Å². The SMILES string of the molecule is CC[C@H](C(=O)NC(C)C)N(Cc1ccc(OC)cc1)C(=O)CN(c1cccc(C)c1)S(=O)(=O)c1ccc(Cl)cc1. The Bertz CT molecular complexity index is 1410. The number of nitrogens with zero attached hydrogens (tertiary/aromatic N) is 2. The zero-order valence-electron chi connectivity index (χ0n) is 23.4. The van der Waals surface area contributed by atoms with Crippen LogP contribution in [0.3, 0.4) is 0 Å². The summed E-state index contributed by atoms with van der Waals surface area (Å²) in [5, 5.41) is 3.28. The molecule has 1 N–H and O–H groups in total. The maximum absolute atomic E-state index is 14.1. The quantitative estimate of drug-likeness (QED) is 0.316. The third-order valence-corrected chi connectivity index (χ3v) is 8.34. The van der Waals surface area contributed by atoms with E-state index >= 15 is 0 Å². The lowest BCUT2D eigenvalue weighted by atomic mass is 10.1. The largest absolute Gasteiger partial charge is 0.497 e. The van der Waals surface area contributed by atoms with E-state index in [-0.39, 0.29) is 23.4 Å². The van der Waals surface area contributed by atoms with Gasteiger partial charge in [0, 0.05) is 17.6 Å². The number of rotatable bonds is 12. The Morgan fingerprint density at radius 3 is 2.20 bits per heavy atom. The van der Waals surface area contributed by atoms with Gasteiger partial charge in [0.2, 0.25) is 11.8 Å². The van der Waals surface area contributed by atoms with Gasteiger partial charge in [-0.25, -0.2) is 8.42 Å². The second-order valence-electron chi connectivity index (χ2n) is 9.76. The van der Waals surface area contributed by atoms with Gasteiger partial charge < -0.3 is 15.0 Å². The van der Waals surface area contributed by atoms with Crippen molar-refractivity contribution in [3.63, 3.8) is 0 Å². The third-order valence-electron chi connectivity index (χ3n) is 6.30. The number of nitrogens with one attached hydrogen (secondary N) is 1. The monoisotopic (exact) mass is 585 g/mol. The molecule has 0 aliphatic heterocycles. The first kappa shape index (κ1) is 31.0. The molecule has 3 rings (SSSR count). The second kappa shape index (κ2) is 13.7. The number of anilines is 1. The number of hydrogen-bond acceptors (Lipinski definition) is 5. The lowest BCUT2D eigenvalue weighted by molar-refractivity contribution is -0.140. The predicted molar refractivity (Wildman–Crippen MR) is 158 cm³/mol. The fraction of sp³-hybridized carbons (Fsp3) is 0.333. The molecule has 0 saturated heterocycles. The minimum absolute atomic E-state index is 0.00231. The first-order valence-electron chi connectivity index (χ1n) is 13.0. The molecule has 0 unspecified atom stereocenters. The number of amides is 2. The first-order chi connectivity index (χ1) is 19.0. The predicted octanol–water partition coefficient (Wildman–Crippen LogP) is 5.18. The van der Waals surface area contributed by atoms with Crippen LogP contribution in [0.5, 0.6) is 5.75 Å². The van der Waals surface area contributed by atoms with Crippen LogP contribution in [0.1, 0.15) is 38.3 Å². The van der Waals surface area contributed by atoms with Gasteiger partial charge in [-0.2, -0.15) is 0 Å². The van der Waals surface area contributed by atoms with E-state index < -0.39 is 28.5 Å². The third kappa shape index (κ3) is 7.76. The van der Waals surface area contributed by atoms with Crippen molar-refractivity contribution in [1.29, 1.82) is 0 Å². The second-order valence-corrected chi connectivity index (χ2v) is 12.1. The van der Waals surface area contributed by atoms with E-state index in [1.54, 1.807) is 37.4 Å². The van der Waals surface area contributed by atoms with Crippen molar-refractivity contribution in [2.24, 2.45) is 0 Å². The van der Waals surface area contributed by atoms with Gasteiger partial charge in [-0.3, -0.25) is 13.9 Å². The molecule has 0 fully saturated rings. The summed E-state index contributed by atoms with van der Waals surface area (Å²) in [6.07, 6.45) is 0.342. The molecular formula is C30H36ClN3O5S. The van der Waals surface area contributed by atoms with Gasteiger partial charge in [-0.15, -0.1) is 0 Å². The Morgan fingerprint density at radius 2 is 1.65 bits per heavy atom. The van der Waals surface area contributed by atoms with Gasteiger partial charge in [0.1, 0.15) is 18.3 Å². The minimum Gasteiger partial charge on any atom is -0.497 e. The van der Waals surface area contributed by atoms with Crippen LogP contribution in [-0.2, 0) is 26.2 Å². The molecule has 0 aliphatic carbocycles. The number of benzene rings is 3. The van der Waals surface area contributed by atoms with E-state index in [2.05, 4.69) is 5.32 Å². The van der Waals surface area contributed by atoms with Gasteiger partial charge in [-0.05, 0) is 86.8 Å². The lowest BCUT2D eigenvalue weighted by Crippen LogP contribution is -2.53. The summed E-state index contributed by atoms with van der Waals surface area (Å²) in [6, 6.07) is 19.0. The first-order valence-corrected chi connectivity index (χ1v) is 14.9. The maximum Gasteiger partial charge on any atom is 0.264 e. The molecule has 8 nitrogen and oxygen atoms in total. The molecule has 3 aromatic rings. The van der Waals surface area contributed by atoms with E-state index in [9.17, 15) is 18.0 Å². The fourth-order valence-corrected chi connectivity index (χ4v) is 5.81. The van der Waals surface area contributed by atoms with Gasteiger partial charge >= 0.3 is 0 Å². The minimum atomic E-state index is -4.16. The standard InChI is InChI=1S/C30H36ClN3O5S/c1-6-28(30(36)32-21(2)3)33(19-23-10-14-26(39-5)15-11-23)29(35)20-34(25-9-7-8-22(4)18-25)40(37,38)27-16-12-24(31)13-17-27/h7-18,21,28H,6,19-20H2,1-5H3,(H,32,36)/t28-/m1/s1. The number of hydrogen-bond donors (Lipinski definition) is 1. The van der Waals surface area contributed by atoms with Gasteiger partial charge in [0.15, 0.2) is 0 Å². The van der Waals surface area contributed by atoms with Crippen molar-refractivity contribution in [1.82, 2.24) is 10.2 Å². The van der Waals surface area contributed by atoms with Crippen molar-refractivity contribution >= 4 is 39.1 Å². The summed E-state index contributed by atoms with van der Waals surface area (Å²) < 4.78 is 34.1. The Balaban J connectivity index is 2.06. The van der Waals surface area contributed by atoms with Crippen molar-refractivity contribution in [3.05, 3.63) is 88.9 Å². The van der Waals surface area contributed by atoms with E-state index in [0.29, 0.717) is 22.9 Å². The number of methoxy groups -OCH3 is 1. The average molecular weight is 586 g/mol. The van der Waals surface area contributed by atoms with Crippen LogP contribution < -0.4 is 14.4 Å². The molecule has 0 heterocycles. The van der Waals surface area contributed by atoms with Crippen molar-refractivity contribution in [3.8, 4) is 5.75 Å². The number of sulfonamides is 1. The molecule has 0 bridgehead atoms. The number of aryl methyl sites for hydroxylation is 1. The molecule has 3 aromatic carbocycles. The highest BCUT2D eigenvalue weighted by atomic mass is 35.5. The number of halogens is 1. The molecule has 214 valence electrons. The summed E-state index contributed by atoms with van der Waals surface area (Å²) in [4.78, 5) is 28.7. The molecule has 0 radical (unpaired) electrons. The summed E-state index contributed by atoms with van der Waals surface area (Å²) in [5.41, 5.74) is 1.94. The Labute approximate surface area is 241 Å². The van der Waals surface area contributed by atoms with Gasteiger partial charge in [-0.1, -0.05) is 42.8 Å². The Hall–Kier alpha value is -3.56. The molecule has 2 amide bonds. The molecule has 10 heteroatoms. The molecule has 0 aromatic heterocycles. The molecule has 0 saturated carbocycles. The number of carbonyl (C=O) groups excluding carboxylic acids is 2. The van der Waals surface area contributed by atoms with Crippen LogP contribution in [0.2, 0.25) is 5.02 Å². The molecule has 0 spiro atoms. The average Bonchev–Trinajstić information content (AvgIpc) is 2.91. The summed E-state index contributed by atoms with van der Waals surface area (Å²) >= 11 is 6.00. The smallest absolute Gasteiger partial charge is 0.264 e. The summed E-state index contributed by atoms with van der Waals surface area (Å²) in [5.74, 6) is -0.159. The van der Waals surface area contributed by atoms with Crippen molar-refractivity contribution in [2.45, 2.75) is 57.6 Å². The zero-order valence-corrected chi connectivity index (χ0v) is 25.0. The highest BCUT2D eigenvalue weighted by Gasteiger charge is 2.34.